The Morgan fingerprint density at radius 1 is 1.08 bits per heavy atom. The quantitative estimate of drug-likeness (QED) is 0.741. The summed E-state index contributed by atoms with van der Waals surface area (Å²) in [6.45, 7) is 2.86. The molecule has 5 heteroatoms. The van der Waals surface area contributed by atoms with Crippen LogP contribution in [0.1, 0.15) is 11.1 Å². The Morgan fingerprint density at radius 3 is 2.73 bits per heavy atom. The molecule has 0 atom stereocenters. The van der Waals surface area contributed by atoms with Crippen molar-refractivity contribution < 1.29 is 9.84 Å². The van der Waals surface area contributed by atoms with Crippen molar-refractivity contribution in [3.8, 4) is 22.6 Å². The highest BCUT2D eigenvalue weighted by Gasteiger charge is 2.20. The Morgan fingerprint density at radius 2 is 1.92 bits per heavy atom. The summed E-state index contributed by atoms with van der Waals surface area (Å²) >= 11 is 6.12. The average Bonchev–Trinajstić information content (AvgIpc) is 2.85. The number of ether oxygens (including phenoxy) is 1. The second kappa shape index (κ2) is 7.36. The molecular weight excluding hydrogens is 348 g/mol. The lowest BCUT2D eigenvalue weighted by atomic mass is 10.0. The Bertz CT molecular complexity index is 915. The molecule has 132 valence electrons. The first-order valence-electron chi connectivity index (χ1n) is 8.55. The Labute approximate surface area is 157 Å². The lowest BCUT2D eigenvalue weighted by molar-refractivity contribution is 0.217. The second-order valence-corrected chi connectivity index (χ2v) is 6.84. The van der Waals surface area contributed by atoms with Gasteiger partial charge in [0.05, 0.1) is 0 Å². The number of rotatable bonds is 3. The summed E-state index contributed by atoms with van der Waals surface area (Å²) in [4.78, 5) is 6.38. The minimum atomic E-state index is 0.170. The van der Waals surface area contributed by atoms with Gasteiger partial charge in [0.2, 0.25) is 0 Å². The molecule has 0 spiro atoms. The van der Waals surface area contributed by atoms with Gasteiger partial charge >= 0.3 is 0 Å². The lowest BCUT2D eigenvalue weighted by Crippen LogP contribution is -2.25. The van der Waals surface area contributed by atoms with Crippen molar-refractivity contribution in [1.29, 1.82) is 0 Å². The predicted octanol–water partition coefficient (Wildman–Crippen LogP) is 4.50. The maximum atomic E-state index is 10.5. The third kappa shape index (κ3) is 3.66. The normalized spacial score (nSPS) is 14.3. The van der Waals surface area contributed by atoms with Crippen molar-refractivity contribution in [3.05, 3.63) is 77.1 Å². The van der Waals surface area contributed by atoms with E-state index in [1.165, 1.54) is 5.56 Å². The van der Waals surface area contributed by atoms with Crippen molar-refractivity contribution in [2.75, 3.05) is 13.2 Å². The van der Waals surface area contributed by atoms with Crippen molar-refractivity contribution in [2.24, 2.45) is 0 Å². The molecular formula is C21H19ClN2O2. The largest absolute Gasteiger partial charge is 0.504 e. The van der Waals surface area contributed by atoms with Crippen LogP contribution in [0.25, 0.3) is 11.1 Å². The van der Waals surface area contributed by atoms with Gasteiger partial charge in [-0.15, -0.1) is 0 Å². The molecule has 0 unspecified atom stereocenters. The van der Waals surface area contributed by atoms with Gasteiger partial charge in [0.1, 0.15) is 6.61 Å². The number of aromatic nitrogens is 1. The average molecular weight is 367 g/mol. The fourth-order valence-corrected chi connectivity index (χ4v) is 3.46. The molecule has 2 aromatic carbocycles. The predicted molar refractivity (Wildman–Crippen MR) is 102 cm³/mol. The summed E-state index contributed by atoms with van der Waals surface area (Å²) in [6, 6.07) is 15.5. The maximum absolute atomic E-state index is 10.5. The highest BCUT2D eigenvalue weighted by Crippen LogP contribution is 2.38. The molecule has 0 amide bonds. The number of nitrogens with zero attached hydrogens (tertiary/aromatic N) is 2. The van der Waals surface area contributed by atoms with Gasteiger partial charge in [0.15, 0.2) is 11.5 Å². The molecule has 0 aliphatic carbocycles. The van der Waals surface area contributed by atoms with E-state index in [9.17, 15) is 5.11 Å². The zero-order chi connectivity index (χ0) is 17.9. The molecule has 1 aliphatic rings. The summed E-state index contributed by atoms with van der Waals surface area (Å²) in [5.41, 5.74) is 4.09. The first-order chi connectivity index (χ1) is 12.7. The molecule has 1 aromatic heterocycles. The van der Waals surface area contributed by atoms with E-state index >= 15 is 0 Å². The molecule has 0 saturated carbocycles. The van der Waals surface area contributed by atoms with E-state index in [0.29, 0.717) is 23.9 Å². The van der Waals surface area contributed by atoms with Gasteiger partial charge in [-0.25, -0.2) is 0 Å². The smallest absolute Gasteiger partial charge is 0.165 e. The van der Waals surface area contributed by atoms with Crippen LogP contribution in [-0.4, -0.2) is 28.1 Å². The number of hydrogen-bond acceptors (Lipinski definition) is 4. The van der Waals surface area contributed by atoms with Gasteiger partial charge in [-0.3, -0.25) is 9.88 Å². The van der Waals surface area contributed by atoms with Crippen molar-refractivity contribution >= 4 is 11.6 Å². The van der Waals surface area contributed by atoms with Gasteiger partial charge in [-0.1, -0.05) is 23.7 Å². The molecule has 1 N–H and O–H groups in total. The number of pyridine rings is 1. The fraction of sp³-hybridized carbons (Fsp3) is 0.190. The number of aromatic hydroxyl groups is 1. The van der Waals surface area contributed by atoms with Gasteiger partial charge in [-0.05, 0) is 53.1 Å². The highest BCUT2D eigenvalue weighted by molar-refractivity contribution is 6.30. The van der Waals surface area contributed by atoms with Crippen LogP contribution in [0, 0.1) is 0 Å². The number of fused-ring (bicyclic) bond motifs is 1. The van der Waals surface area contributed by atoms with E-state index < -0.39 is 0 Å². The minimum absolute atomic E-state index is 0.170. The first kappa shape index (κ1) is 16.9. The maximum Gasteiger partial charge on any atom is 0.165 e. The number of hydrogen-bond donors (Lipinski definition) is 1. The minimum Gasteiger partial charge on any atom is -0.504 e. The van der Waals surface area contributed by atoms with E-state index in [0.717, 1.165) is 29.8 Å². The Hall–Kier alpha value is -2.56. The van der Waals surface area contributed by atoms with Gasteiger partial charge in [-0.2, -0.15) is 0 Å². The zero-order valence-electron chi connectivity index (χ0n) is 14.2. The summed E-state index contributed by atoms with van der Waals surface area (Å²) in [6.07, 6.45) is 3.61. The molecule has 2 heterocycles. The first-order valence-corrected chi connectivity index (χ1v) is 8.93. The van der Waals surface area contributed by atoms with Crippen molar-refractivity contribution in [1.82, 2.24) is 9.88 Å². The number of halogens is 1. The Kier molecular flexibility index (Phi) is 4.78. The molecule has 0 radical (unpaired) electrons. The van der Waals surface area contributed by atoms with Crippen molar-refractivity contribution in [3.63, 3.8) is 0 Å². The molecule has 26 heavy (non-hydrogen) atoms. The topological polar surface area (TPSA) is 45.6 Å². The van der Waals surface area contributed by atoms with E-state index in [-0.39, 0.29) is 5.75 Å². The van der Waals surface area contributed by atoms with E-state index in [1.807, 2.05) is 36.4 Å². The third-order valence-electron chi connectivity index (χ3n) is 4.51. The molecule has 0 bridgehead atoms. The van der Waals surface area contributed by atoms with E-state index in [1.54, 1.807) is 18.5 Å². The molecule has 0 saturated heterocycles. The molecule has 4 rings (SSSR count). The monoisotopic (exact) mass is 366 g/mol. The number of phenols is 1. The summed E-state index contributed by atoms with van der Waals surface area (Å²) in [7, 11) is 0. The van der Waals surface area contributed by atoms with Gasteiger partial charge in [0.25, 0.3) is 0 Å². The standard InChI is InChI=1S/C21H19ClN2O2/c22-19-3-1-2-16(11-19)17-10-18-14-24(13-15-4-6-23-7-5-15)8-9-26-21(18)20(25)12-17/h1-7,10-12,25H,8-9,13-14H2. The van der Waals surface area contributed by atoms with E-state index in [2.05, 4.69) is 16.0 Å². The van der Waals surface area contributed by atoms with Crippen LogP contribution in [0.5, 0.6) is 11.5 Å². The number of benzene rings is 2. The Balaban J connectivity index is 1.65. The van der Waals surface area contributed by atoms with Crippen LogP contribution < -0.4 is 4.74 Å². The summed E-state index contributed by atoms with van der Waals surface area (Å²) in [5, 5.41) is 11.2. The highest BCUT2D eigenvalue weighted by atomic mass is 35.5. The molecule has 1 aliphatic heterocycles. The second-order valence-electron chi connectivity index (χ2n) is 6.41. The molecule has 0 fully saturated rings. The SMILES string of the molecule is Oc1cc(-c2cccc(Cl)c2)cc2c1OCCN(Cc1ccncc1)C2. The van der Waals surface area contributed by atoms with Crippen LogP contribution in [0.15, 0.2) is 60.9 Å². The third-order valence-corrected chi connectivity index (χ3v) is 4.74. The summed E-state index contributed by atoms with van der Waals surface area (Å²) < 4.78 is 5.83. The van der Waals surface area contributed by atoms with Gasteiger partial charge in [0, 0.05) is 42.6 Å². The van der Waals surface area contributed by atoms with Crippen molar-refractivity contribution in [2.45, 2.75) is 13.1 Å². The van der Waals surface area contributed by atoms with Crippen LogP contribution in [0.3, 0.4) is 0 Å². The van der Waals surface area contributed by atoms with Crippen LogP contribution in [0.2, 0.25) is 5.02 Å². The van der Waals surface area contributed by atoms with Crippen LogP contribution in [0.4, 0.5) is 0 Å². The molecule has 3 aromatic rings. The fourth-order valence-electron chi connectivity index (χ4n) is 3.27. The van der Waals surface area contributed by atoms with E-state index in [4.69, 9.17) is 16.3 Å². The van der Waals surface area contributed by atoms with Crippen LogP contribution in [-0.2, 0) is 13.1 Å². The lowest BCUT2D eigenvalue weighted by Gasteiger charge is -2.19. The number of phenolic OH excluding ortho intramolecular Hbond substituents is 1. The van der Waals surface area contributed by atoms with Crippen LogP contribution >= 0.6 is 11.6 Å². The summed E-state index contributed by atoms with van der Waals surface area (Å²) in [5.74, 6) is 0.747. The molecule has 4 nitrogen and oxygen atoms in total. The van der Waals surface area contributed by atoms with Gasteiger partial charge < -0.3 is 9.84 Å². The zero-order valence-corrected chi connectivity index (χ0v) is 15.0.